The molecule has 3 rings (SSSR count). The van der Waals surface area contributed by atoms with Gasteiger partial charge in [-0.2, -0.15) is 10.2 Å². The van der Waals surface area contributed by atoms with Gasteiger partial charge in [-0.25, -0.2) is 0 Å². The van der Waals surface area contributed by atoms with Crippen molar-refractivity contribution in [3.05, 3.63) is 35.4 Å². The number of hydrogen-bond donors (Lipinski definition) is 1. The van der Waals surface area contributed by atoms with E-state index in [2.05, 4.69) is 42.5 Å². The van der Waals surface area contributed by atoms with Gasteiger partial charge in [0.05, 0.1) is 17.9 Å². The smallest absolute Gasteiger partial charge is 0.0543 e. The maximum Gasteiger partial charge on any atom is 0.0543 e. The van der Waals surface area contributed by atoms with Gasteiger partial charge in [-0.1, -0.05) is 0 Å². The second-order valence-corrected chi connectivity index (χ2v) is 6.96. The monoisotopic (exact) mass is 287 g/mol. The maximum atomic E-state index is 4.46. The third-order valence-corrected chi connectivity index (χ3v) is 4.25. The summed E-state index contributed by atoms with van der Waals surface area (Å²) in [6, 6.07) is 0.417. The predicted octanol–water partition coefficient (Wildman–Crippen LogP) is 2.54. The molecule has 5 heteroatoms. The van der Waals surface area contributed by atoms with Crippen molar-refractivity contribution in [2.45, 2.75) is 58.2 Å². The molecule has 0 aliphatic heterocycles. The number of aromatic nitrogens is 4. The summed E-state index contributed by atoms with van der Waals surface area (Å²) in [6.45, 7) is 7.36. The molecule has 0 fully saturated rings. The van der Waals surface area contributed by atoms with Crippen LogP contribution >= 0.6 is 0 Å². The Labute approximate surface area is 126 Å². The minimum Gasteiger partial charge on any atom is -0.306 e. The van der Waals surface area contributed by atoms with Crippen LogP contribution in [0.3, 0.4) is 0 Å². The number of nitrogens with one attached hydrogen (secondary N) is 1. The van der Waals surface area contributed by atoms with Crippen LogP contribution in [0.2, 0.25) is 0 Å². The second-order valence-electron chi connectivity index (χ2n) is 6.96. The number of hydrogen-bond acceptors (Lipinski definition) is 3. The van der Waals surface area contributed by atoms with E-state index in [9.17, 15) is 0 Å². The molecule has 1 unspecified atom stereocenters. The van der Waals surface area contributed by atoms with Crippen LogP contribution in [0.5, 0.6) is 0 Å². The van der Waals surface area contributed by atoms with Crippen LogP contribution in [-0.2, 0) is 25.6 Å². The highest BCUT2D eigenvalue weighted by atomic mass is 15.3. The van der Waals surface area contributed by atoms with Gasteiger partial charge in [-0.15, -0.1) is 0 Å². The highest BCUT2D eigenvalue weighted by Gasteiger charge is 2.23. The third kappa shape index (κ3) is 2.88. The zero-order chi connectivity index (χ0) is 15.0. The first kappa shape index (κ1) is 14.3. The first-order valence-corrected chi connectivity index (χ1v) is 7.73. The highest BCUT2D eigenvalue weighted by Crippen LogP contribution is 2.29. The molecule has 0 aromatic carbocycles. The van der Waals surface area contributed by atoms with E-state index < -0.39 is 0 Å². The van der Waals surface area contributed by atoms with Crippen LogP contribution in [0.1, 0.15) is 56.5 Å². The largest absolute Gasteiger partial charge is 0.306 e. The van der Waals surface area contributed by atoms with Gasteiger partial charge in [0.1, 0.15) is 0 Å². The topological polar surface area (TPSA) is 47.7 Å². The van der Waals surface area contributed by atoms with Crippen LogP contribution < -0.4 is 5.32 Å². The molecule has 2 aromatic heterocycles. The summed E-state index contributed by atoms with van der Waals surface area (Å²) in [7, 11) is 2.04. The first-order valence-electron chi connectivity index (χ1n) is 7.73. The minimum atomic E-state index is 0.0413. The molecule has 1 aliphatic rings. The highest BCUT2D eigenvalue weighted by molar-refractivity contribution is 5.25. The molecule has 2 heterocycles. The Balaban J connectivity index is 1.67. The van der Waals surface area contributed by atoms with Crippen LogP contribution in [0, 0.1) is 0 Å². The minimum absolute atomic E-state index is 0.0413. The number of rotatable bonds is 3. The molecule has 114 valence electrons. The lowest BCUT2D eigenvalue weighted by molar-refractivity contribution is 0.355. The molecule has 0 bridgehead atoms. The molecule has 1 aliphatic carbocycles. The van der Waals surface area contributed by atoms with E-state index in [-0.39, 0.29) is 5.54 Å². The molecule has 21 heavy (non-hydrogen) atoms. The summed E-state index contributed by atoms with van der Waals surface area (Å²) in [5.41, 5.74) is 4.02. The lowest BCUT2D eigenvalue weighted by Crippen LogP contribution is -2.25. The Bertz CT molecular complexity index is 617. The summed E-state index contributed by atoms with van der Waals surface area (Å²) in [5, 5.41) is 12.5. The molecule has 0 saturated heterocycles. The van der Waals surface area contributed by atoms with Crippen LogP contribution in [0.15, 0.2) is 18.6 Å². The lowest BCUT2D eigenvalue weighted by atomic mass is 9.93. The van der Waals surface area contributed by atoms with Gasteiger partial charge in [-0.3, -0.25) is 9.36 Å². The Kier molecular flexibility index (Phi) is 3.61. The van der Waals surface area contributed by atoms with E-state index >= 15 is 0 Å². The molecule has 0 saturated carbocycles. The summed E-state index contributed by atoms with van der Waals surface area (Å²) in [4.78, 5) is 0. The molecule has 1 atom stereocenters. The molecule has 1 N–H and O–H groups in total. The van der Waals surface area contributed by atoms with Crippen molar-refractivity contribution < 1.29 is 0 Å². The fourth-order valence-corrected chi connectivity index (χ4v) is 2.98. The van der Waals surface area contributed by atoms with Crippen LogP contribution in [-0.4, -0.2) is 19.6 Å². The quantitative estimate of drug-likeness (QED) is 0.943. The van der Waals surface area contributed by atoms with Crippen molar-refractivity contribution in [1.29, 1.82) is 0 Å². The Morgan fingerprint density at radius 3 is 2.81 bits per heavy atom. The molecular formula is C16H25N5. The van der Waals surface area contributed by atoms with Gasteiger partial charge in [0.2, 0.25) is 0 Å². The normalized spacial score (nSPS) is 18.8. The fourth-order valence-electron chi connectivity index (χ4n) is 2.98. The second kappa shape index (κ2) is 5.30. The van der Waals surface area contributed by atoms with E-state index in [1.807, 2.05) is 28.8 Å². The van der Waals surface area contributed by atoms with E-state index in [0.29, 0.717) is 6.04 Å². The summed E-state index contributed by atoms with van der Waals surface area (Å²) in [6.07, 6.45) is 9.68. The van der Waals surface area contributed by atoms with Gasteiger partial charge >= 0.3 is 0 Å². The zero-order valence-corrected chi connectivity index (χ0v) is 13.4. The SMILES string of the molecule is Cn1ncc2c1CCCC2NCc1cnn(C(C)(C)C)c1. The fraction of sp³-hybridized carbons (Fsp3) is 0.625. The van der Waals surface area contributed by atoms with Crippen molar-refractivity contribution in [3.8, 4) is 0 Å². The zero-order valence-electron chi connectivity index (χ0n) is 13.4. The summed E-state index contributed by atoms with van der Waals surface area (Å²) < 4.78 is 4.04. The van der Waals surface area contributed by atoms with E-state index in [0.717, 1.165) is 13.0 Å². The van der Waals surface area contributed by atoms with Gasteiger partial charge in [0.15, 0.2) is 0 Å². The number of nitrogens with zero attached hydrogens (tertiary/aromatic N) is 4. The Hall–Kier alpha value is -1.62. The van der Waals surface area contributed by atoms with Gasteiger partial charge < -0.3 is 5.32 Å². The van der Waals surface area contributed by atoms with Crippen molar-refractivity contribution in [3.63, 3.8) is 0 Å². The van der Waals surface area contributed by atoms with Crippen molar-refractivity contribution >= 4 is 0 Å². The predicted molar refractivity (Wildman–Crippen MR) is 82.9 cm³/mol. The summed E-state index contributed by atoms with van der Waals surface area (Å²) in [5.74, 6) is 0. The lowest BCUT2D eigenvalue weighted by Gasteiger charge is -2.23. The van der Waals surface area contributed by atoms with Gasteiger partial charge in [0, 0.05) is 42.7 Å². The van der Waals surface area contributed by atoms with Crippen molar-refractivity contribution in [1.82, 2.24) is 24.9 Å². The van der Waals surface area contributed by atoms with Crippen molar-refractivity contribution in [2.75, 3.05) is 0 Å². The Morgan fingerprint density at radius 2 is 2.10 bits per heavy atom. The average molecular weight is 287 g/mol. The van der Waals surface area contributed by atoms with Crippen molar-refractivity contribution in [2.24, 2.45) is 7.05 Å². The third-order valence-electron chi connectivity index (χ3n) is 4.25. The standard InChI is InChI=1S/C16H25N5/c1-16(2,3)21-11-12(9-19-21)8-17-14-6-5-7-15-13(14)10-18-20(15)4/h9-11,14,17H,5-8H2,1-4H3. The van der Waals surface area contributed by atoms with Crippen LogP contribution in [0.4, 0.5) is 0 Å². The molecular weight excluding hydrogens is 262 g/mol. The van der Waals surface area contributed by atoms with E-state index in [1.165, 1.54) is 29.7 Å². The molecule has 2 aromatic rings. The molecule has 0 spiro atoms. The van der Waals surface area contributed by atoms with Crippen LogP contribution in [0.25, 0.3) is 0 Å². The van der Waals surface area contributed by atoms with E-state index in [1.54, 1.807) is 0 Å². The molecule has 5 nitrogen and oxygen atoms in total. The summed E-state index contributed by atoms with van der Waals surface area (Å²) >= 11 is 0. The van der Waals surface area contributed by atoms with Gasteiger partial charge in [-0.05, 0) is 40.0 Å². The Morgan fingerprint density at radius 1 is 1.29 bits per heavy atom. The number of aryl methyl sites for hydroxylation is 1. The molecule has 0 radical (unpaired) electrons. The molecule has 0 amide bonds. The maximum absolute atomic E-state index is 4.46. The van der Waals surface area contributed by atoms with Gasteiger partial charge in [0.25, 0.3) is 0 Å². The number of fused-ring (bicyclic) bond motifs is 1. The first-order chi connectivity index (χ1) is 9.95. The van der Waals surface area contributed by atoms with E-state index in [4.69, 9.17) is 0 Å². The average Bonchev–Trinajstić information content (AvgIpc) is 3.04.